The first-order valence-electron chi connectivity index (χ1n) is 7.57. The number of hydrogen-bond acceptors (Lipinski definition) is 6. The number of benzene rings is 1. The van der Waals surface area contributed by atoms with Crippen molar-refractivity contribution in [1.29, 1.82) is 0 Å². The summed E-state index contributed by atoms with van der Waals surface area (Å²) < 4.78 is 15.9. The van der Waals surface area contributed by atoms with Crippen molar-refractivity contribution in [3.63, 3.8) is 0 Å². The van der Waals surface area contributed by atoms with Gasteiger partial charge in [-0.1, -0.05) is 6.07 Å². The van der Waals surface area contributed by atoms with Crippen LogP contribution in [-0.4, -0.2) is 30.1 Å². The minimum absolute atomic E-state index is 0.0113. The second-order valence-electron chi connectivity index (χ2n) is 5.35. The minimum Gasteiger partial charge on any atom is -0.504 e. The molecule has 0 amide bonds. The Balaban J connectivity index is 2.10. The maximum atomic E-state index is 12.7. The van der Waals surface area contributed by atoms with Crippen molar-refractivity contribution in [3.05, 3.63) is 53.6 Å². The molecule has 1 N–H and O–H groups in total. The lowest BCUT2D eigenvalue weighted by Crippen LogP contribution is -2.02. The molecule has 1 aromatic carbocycles. The summed E-state index contributed by atoms with van der Waals surface area (Å²) in [6.45, 7) is 1.87. The number of aromatic hydroxyl groups is 1. The SMILES string of the molecule is COc1c(C(=O)/C=C/c2cccc(C)n2)c(O)c(OC)c2occc12. The average Bonchev–Trinajstić information content (AvgIpc) is 3.08. The molecule has 0 spiro atoms. The van der Waals surface area contributed by atoms with Crippen molar-refractivity contribution in [2.45, 2.75) is 6.92 Å². The fourth-order valence-corrected chi connectivity index (χ4v) is 2.66. The first kappa shape index (κ1) is 16.6. The molecule has 0 radical (unpaired) electrons. The van der Waals surface area contributed by atoms with Crippen LogP contribution >= 0.6 is 0 Å². The summed E-state index contributed by atoms with van der Waals surface area (Å²) in [5, 5.41) is 11.0. The van der Waals surface area contributed by atoms with Crippen molar-refractivity contribution in [2.24, 2.45) is 0 Å². The molecule has 0 saturated heterocycles. The number of allylic oxidation sites excluding steroid dienone is 1. The Morgan fingerprint density at radius 3 is 2.64 bits per heavy atom. The monoisotopic (exact) mass is 339 g/mol. The van der Waals surface area contributed by atoms with E-state index in [0.29, 0.717) is 16.7 Å². The van der Waals surface area contributed by atoms with Gasteiger partial charge in [0.05, 0.1) is 31.6 Å². The Morgan fingerprint density at radius 2 is 1.96 bits per heavy atom. The Hall–Kier alpha value is -3.28. The molecule has 128 valence electrons. The van der Waals surface area contributed by atoms with Gasteiger partial charge in [-0.05, 0) is 37.3 Å². The van der Waals surface area contributed by atoms with Crippen LogP contribution in [0.5, 0.6) is 17.2 Å². The topological polar surface area (TPSA) is 81.8 Å². The number of nitrogens with zero attached hydrogens (tertiary/aromatic N) is 1. The molecule has 0 bridgehead atoms. The van der Waals surface area contributed by atoms with E-state index in [1.54, 1.807) is 18.2 Å². The summed E-state index contributed by atoms with van der Waals surface area (Å²) in [4.78, 5) is 17.0. The van der Waals surface area contributed by atoms with Crippen LogP contribution in [0.4, 0.5) is 0 Å². The second-order valence-corrected chi connectivity index (χ2v) is 5.35. The molecular formula is C19H17NO5. The average molecular weight is 339 g/mol. The zero-order valence-electron chi connectivity index (χ0n) is 14.1. The lowest BCUT2D eigenvalue weighted by Gasteiger charge is -2.12. The van der Waals surface area contributed by atoms with Gasteiger partial charge in [0.25, 0.3) is 0 Å². The Kier molecular flexibility index (Phi) is 4.43. The van der Waals surface area contributed by atoms with E-state index in [-0.39, 0.29) is 22.8 Å². The number of furan rings is 1. The van der Waals surface area contributed by atoms with Crippen molar-refractivity contribution < 1.29 is 23.8 Å². The predicted molar refractivity (Wildman–Crippen MR) is 93.3 cm³/mol. The van der Waals surface area contributed by atoms with E-state index in [0.717, 1.165) is 5.69 Å². The molecule has 0 unspecified atom stereocenters. The molecule has 0 aliphatic carbocycles. The number of methoxy groups -OCH3 is 2. The molecule has 3 rings (SSSR count). The lowest BCUT2D eigenvalue weighted by atomic mass is 10.0. The van der Waals surface area contributed by atoms with Gasteiger partial charge in [0.15, 0.2) is 17.1 Å². The van der Waals surface area contributed by atoms with E-state index in [2.05, 4.69) is 4.98 Å². The van der Waals surface area contributed by atoms with E-state index in [1.807, 2.05) is 19.1 Å². The van der Waals surface area contributed by atoms with Crippen LogP contribution in [0.1, 0.15) is 21.7 Å². The number of phenols is 1. The highest BCUT2D eigenvalue weighted by Gasteiger charge is 2.26. The van der Waals surface area contributed by atoms with Crippen LogP contribution in [0.3, 0.4) is 0 Å². The Morgan fingerprint density at radius 1 is 1.20 bits per heavy atom. The van der Waals surface area contributed by atoms with Crippen LogP contribution in [0, 0.1) is 6.92 Å². The fourth-order valence-electron chi connectivity index (χ4n) is 2.66. The third kappa shape index (κ3) is 2.94. The summed E-state index contributed by atoms with van der Waals surface area (Å²) in [7, 11) is 2.82. The van der Waals surface area contributed by atoms with Gasteiger partial charge in [-0.2, -0.15) is 0 Å². The number of ether oxygens (including phenoxy) is 2. The first-order valence-corrected chi connectivity index (χ1v) is 7.57. The van der Waals surface area contributed by atoms with Crippen LogP contribution in [0.2, 0.25) is 0 Å². The van der Waals surface area contributed by atoms with Crippen LogP contribution in [-0.2, 0) is 0 Å². The number of hydrogen-bond donors (Lipinski definition) is 1. The van der Waals surface area contributed by atoms with Crippen molar-refractivity contribution in [2.75, 3.05) is 14.2 Å². The van der Waals surface area contributed by atoms with Gasteiger partial charge < -0.3 is 19.0 Å². The maximum absolute atomic E-state index is 12.7. The van der Waals surface area contributed by atoms with Crippen LogP contribution < -0.4 is 9.47 Å². The number of carbonyl (C=O) groups excluding carboxylic acids is 1. The van der Waals surface area contributed by atoms with Crippen LogP contribution in [0.15, 0.2) is 41.0 Å². The Labute approximate surface area is 144 Å². The van der Waals surface area contributed by atoms with E-state index >= 15 is 0 Å². The quantitative estimate of drug-likeness (QED) is 0.563. The summed E-state index contributed by atoms with van der Waals surface area (Å²) >= 11 is 0. The highest BCUT2D eigenvalue weighted by Crippen LogP contribution is 2.45. The van der Waals surface area contributed by atoms with Crippen molar-refractivity contribution >= 4 is 22.8 Å². The van der Waals surface area contributed by atoms with Crippen LogP contribution in [0.25, 0.3) is 17.0 Å². The molecule has 6 nitrogen and oxygen atoms in total. The Bertz CT molecular complexity index is 971. The summed E-state index contributed by atoms with van der Waals surface area (Å²) in [6, 6.07) is 7.16. The molecule has 0 atom stereocenters. The first-order chi connectivity index (χ1) is 12.1. The number of phenolic OH excluding ortho intramolecular Hbond substituents is 1. The van der Waals surface area contributed by atoms with E-state index < -0.39 is 5.78 Å². The molecule has 2 aromatic heterocycles. The summed E-state index contributed by atoms with van der Waals surface area (Å²) in [5.74, 6) is -0.437. The van der Waals surface area contributed by atoms with E-state index in [9.17, 15) is 9.90 Å². The number of carbonyl (C=O) groups is 1. The summed E-state index contributed by atoms with van der Waals surface area (Å²) in [6.07, 6.45) is 4.36. The second kappa shape index (κ2) is 6.68. The fraction of sp³-hybridized carbons (Fsp3) is 0.158. The third-order valence-corrected chi connectivity index (χ3v) is 3.77. The van der Waals surface area contributed by atoms with Gasteiger partial charge >= 0.3 is 0 Å². The number of ketones is 1. The zero-order chi connectivity index (χ0) is 18.0. The van der Waals surface area contributed by atoms with Gasteiger partial charge in [0.1, 0.15) is 11.3 Å². The van der Waals surface area contributed by atoms with Crippen molar-refractivity contribution in [1.82, 2.24) is 4.98 Å². The largest absolute Gasteiger partial charge is 0.504 e. The van der Waals surface area contributed by atoms with E-state index in [1.165, 1.54) is 26.6 Å². The molecule has 25 heavy (non-hydrogen) atoms. The highest BCUT2D eigenvalue weighted by atomic mass is 16.5. The number of aryl methyl sites for hydroxylation is 1. The zero-order valence-corrected chi connectivity index (χ0v) is 14.1. The molecule has 0 aliphatic rings. The normalized spacial score (nSPS) is 11.2. The van der Waals surface area contributed by atoms with Gasteiger partial charge in [-0.25, -0.2) is 0 Å². The minimum atomic E-state index is -0.431. The number of pyridine rings is 1. The van der Waals surface area contributed by atoms with Gasteiger partial charge in [-0.3, -0.25) is 9.78 Å². The predicted octanol–water partition coefficient (Wildman–Crippen LogP) is 3.76. The molecule has 2 heterocycles. The van der Waals surface area contributed by atoms with Gasteiger partial charge in [0, 0.05) is 5.69 Å². The van der Waals surface area contributed by atoms with Crippen molar-refractivity contribution in [3.8, 4) is 17.2 Å². The molecule has 6 heteroatoms. The van der Waals surface area contributed by atoms with Gasteiger partial charge in [-0.15, -0.1) is 0 Å². The molecular weight excluding hydrogens is 322 g/mol. The lowest BCUT2D eigenvalue weighted by molar-refractivity contribution is 0.104. The van der Waals surface area contributed by atoms with Gasteiger partial charge in [0.2, 0.25) is 5.75 Å². The molecule has 0 aliphatic heterocycles. The number of aromatic nitrogens is 1. The smallest absolute Gasteiger partial charge is 0.205 e. The molecule has 0 fully saturated rings. The standard InChI is InChI=1S/C19H17NO5/c1-11-5-4-6-12(20-11)7-8-14(21)15-16(22)19(24-3)18-13(9-10-25-18)17(15)23-2/h4-10,22H,1-3H3/b8-7+. The molecule has 3 aromatic rings. The third-order valence-electron chi connectivity index (χ3n) is 3.77. The highest BCUT2D eigenvalue weighted by molar-refractivity contribution is 6.15. The van der Waals surface area contributed by atoms with E-state index in [4.69, 9.17) is 13.9 Å². The molecule has 0 saturated carbocycles. The number of rotatable bonds is 5. The summed E-state index contributed by atoms with van der Waals surface area (Å²) in [5.41, 5.74) is 1.81. The number of fused-ring (bicyclic) bond motifs is 1. The maximum Gasteiger partial charge on any atom is 0.205 e.